The molecule has 0 atom stereocenters. The largest absolute Gasteiger partial charge is 0.490 e. The first-order valence-corrected chi connectivity index (χ1v) is 12.2. The smallest absolute Gasteiger partial charge is 0.266 e. The molecule has 0 aliphatic rings. The van der Waals surface area contributed by atoms with Gasteiger partial charge in [-0.1, -0.05) is 40.9 Å². The second kappa shape index (κ2) is 12.3. The Morgan fingerprint density at radius 1 is 1.06 bits per heavy atom. The van der Waals surface area contributed by atoms with E-state index in [0.717, 1.165) is 9.13 Å². The highest BCUT2D eigenvalue weighted by molar-refractivity contribution is 14.1. The third-order valence-electron chi connectivity index (χ3n) is 4.50. The Hall–Kier alpha value is -2.44. The number of nitriles is 1. The topological polar surface area (TPSA) is 71.3 Å². The molecule has 3 aromatic rings. The summed E-state index contributed by atoms with van der Waals surface area (Å²) >= 11 is 20.2. The highest BCUT2D eigenvalue weighted by Crippen LogP contribution is 2.36. The number of hydrogen-bond acceptors (Lipinski definition) is 4. The fourth-order valence-electron chi connectivity index (χ4n) is 2.91. The maximum atomic E-state index is 12.6. The van der Waals surface area contributed by atoms with E-state index in [-0.39, 0.29) is 12.2 Å². The van der Waals surface area contributed by atoms with Crippen LogP contribution in [0.25, 0.3) is 6.08 Å². The maximum absolute atomic E-state index is 12.6. The molecule has 9 heteroatoms. The first-order valence-electron chi connectivity index (χ1n) is 10.0. The summed E-state index contributed by atoms with van der Waals surface area (Å²) in [6.07, 6.45) is 1.50. The van der Waals surface area contributed by atoms with E-state index in [9.17, 15) is 10.1 Å². The van der Waals surface area contributed by atoms with Crippen LogP contribution in [0.1, 0.15) is 18.1 Å². The van der Waals surface area contributed by atoms with Crippen LogP contribution in [0.15, 0.2) is 60.2 Å². The number of benzene rings is 3. The van der Waals surface area contributed by atoms with E-state index in [4.69, 9.17) is 44.3 Å². The number of hydrogen-bond donors (Lipinski definition) is 1. The van der Waals surface area contributed by atoms with Crippen molar-refractivity contribution in [2.45, 2.75) is 13.5 Å². The highest BCUT2D eigenvalue weighted by Gasteiger charge is 2.15. The Balaban J connectivity index is 1.85. The molecule has 174 valence electrons. The SMILES string of the molecule is CCOc1cc(/C=C(/C#N)C(=O)Nc2ccc(Cl)cc2)cc(I)c1OCc1ccc(Cl)cc1Cl. The molecule has 0 aliphatic carbocycles. The predicted molar refractivity (Wildman–Crippen MR) is 145 cm³/mol. The van der Waals surface area contributed by atoms with Crippen molar-refractivity contribution in [2.75, 3.05) is 11.9 Å². The Bertz CT molecular complexity index is 1270. The fourth-order valence-corrected chi connectivity index (χ4v) is 4.28. The standard InChI is InChI=1S/C25H18Cl3IN2O3/c1-2-33-23-11-15(9-17(13-30)25(32)31-20-7-5-18(26)6-8-20)10-22(29)24(23)34-14-16-3-4-19(27)12-21(16)28/h3-12H,2,14H2,1H3,(H,31,32)/b17-9-. The van der Waals surface area contributed by atoms with E-state index in [1.165, 1.54) is 6.08 Å². The second-order valence-electron chi connectivity index (χ2n) is 6.92. The van der Waals surface area contributed by atoms with Gasteiger partial charge in [0.15, 0.2) is 11.5 Å². The molecule has 0 aliphatic heterocycles. The minimum Gasteiger partial charge on any atom is -0.490 e. The van der Waals surface area contributed by atoms with Gasteiger partial charge in [-0.3, -0.25) is 4.79 Å². The van der Waals surface area contributed by atoms with Gasteiger partial charge < -0.3 is 14.8 Å². The number of anilines is 1. The Morgan fingerprint density at radius 2 is 1.76 bits per heavy atom. The van der Waals surface area contributed by atoms with Gasteiger partial charge in [0.25, 0.3) is 5.91 Å². The highest BCUT2D eigenvalue weighted by atomic mass is 127. The molecule has 0 bridgehead atoms. The quantitative estimate of drug-likeness (QED) is 0.157. The molecule has 1 N–H and O–H groups in total. The molecule has 0 heterocycles. The fraction of sp³-hybridized carbons (Fsp3) is 0.120. The van der Waals surface area contributed by atoms with E-state index < -0.39 is 5.91 Å². The van der Waals surface area contributed by atoms with Crippen molar-refractivity contribution in [3.63, 3.8) is 0 Å². The average molecular weight is 628 g/mol. The van der Waals surface area contributed by atoms with Crippen molar-refractivity contribution in [1.82, 2.24) is 0 Å². The zero-order valence-electron chi connectivity index (χ0n) is 17.9. The molecule has 0 saturated carbocycles. The van der Waals surface area contributed by atoms with Crippen molar-refractivity contribution in [3.05, 3.63) is 89.9 Å². The number of carbonyl (C=O) groups excluding carboxylic acids is 1. The van der Waals surface area contributed by atoms with E-state index in [1.54, 1.807) is 54.6 Å². The van der Waals surface area contributed by atoms with Crippen LogP contribution in [0.2, 0.25) is 15.1 Å². The predicted octanol–water partition coefficient (Wildman–Crippen LogP) is 7.77. The van der Waals surface area contributed by atoms with E-state index in [1.807, 2.05) is 13.0 Å². The Labute approximate surface area is 226 Å². The normalized spacial score (nSPS) is 11.0. The van der Waals surface area contributed by atoms with Gasteiger partial charge in [-0.05, 0) is 89.7 Å². The molecule has 1 amide bonds. The zero-order valence-corrected chi connectivity index (χ0v) is 22.3. The van der Waals surface area contributed by atoms with Crippen molar-refractivity contribution in [3.8, 4) is 17.6 Å². The van der Waals surface area contributed by atoms with Crippen LogP contribution in [0.4, 0.5) is 5.69 Å². The first-order chi connectivity index (χ1) is 16.3. The van der Waals surface area contributed by atoms with Crippen LogP contribution in [-0.4, -0.2) is 12.5 Å². The summed E-state index contributed by atoms with van der Waals surface area (Å²) < 4.78 is 12.5. The van der Waals surface area contributed by atoms with Gasteiger partial charge in [0.2, 0.25) is 0 Å². The van der Waals surface area contributed by atoms with Crippen LogP contribution in [0, 0.1) is 14.9 Å². The summed E-state index contributed by atoms with van der Waals surface area (Å²) in [6.45, 7) is 2.48. The summed E-state index contributed by atoms with van der Waals surface area (Å²) in [6, 6.07) is 17.3. The van der Waals surface area contributed by atoms with Crippen LogP contribution < -0.4 is 14.8 Å². The second-order valence-corrected chi connectivity index (χ2v) is 9.36. The van der Waals surface area contributed by atoms with E-state index in [2.05, 4.69) is 27.9 Å². The molecule has 3 aromatic carbocycles. The number of nitrogens with zero attached hydrogens (tertiary/aromatic N) is 1. The van der Waals surface area contributed by atoms with Crippen molar-refractivity contribution in [1.29, 1.82) is 5.26 Å². The van der Waals surface area contributed by atoms with Crippen molar-refractivity contribution >= 4 is 75.1 Å². The number of rotatable bonds is 8. The molecule has 5 nitrogen and oxygen atoms in total. The lowest BCUT2D eigenvalue weighted by molar-refractivity contribution is -0.112. The van der Waals surface area contributed by atoms with Crippen LogP contribution in [0.3, 0.4) is 0 Å². The van der Waals surface area contributed by atoms with Gasteiger partial charge >= 0.3 is 0 Å². The van der Waals surface area contributed by atoms with Crippen LogP contribution in [-0.2, 0) is 11.4 Å². The molecule has 0 aromatic heterocycles. The van der Waals surface area contributed by atoms with Gasteiger partial charge in [0.1, 0.15) is 18.2 Å². The molecule has 0 fully saturated rings. The summed E-state index contributed by atoms with van der Waals surface area (Å²) in [5.74, 6) is 0.492. The minimum atomic E-state index is -0.532. The third-order valence-corrected chi connectivity index (χ3v) is 6.14. The first kappa shape index (κ1) is 26.2. The minimum absolute atomic E-state index is 0.0604. The molecule has 0 unspecified atom stereocenters. The molecular weight excluding hydrogens is 610 g/mol. The summed E-state index contributed by atoms with van der Waals surface area (Å²) in [5, 5.41) is 13.8. The molecule has 34 heavy (non-hydrogen) atoms. The van der Waals surface area contributed by atoms with Gasteiger partial charge in [-0.2, -0.15) is 5.26 Å². The van der Waals surface area contributed by atoms with Gasteiger partial charge in [0, 0.05) is 26.3 Å². The molecule has 3 rings (SSSR count). The van der Waals surface area contributed by atoms with Gasteiger partial charge in [0.05, 0.1) is 10.2 Å². The zero-order chi connectivity index (χ0) is 24.7. The summed E-state index contributed by atoms with van der Waals surface area (Å²) in [4.78, 5) is 12.6. The van der Waals surface area contributed by atoms with Gasteiger partial charge in [-0.15, -0.1) is 0 Å². The third kappa shape index (κ3) is 7.03. The van der Waals surface area contributed by atoms with Crippen molar-refractivity contribution < 1.29 is 14.3 Å². The van der Waals surface area contributed by atoms with E-state index >= 15 is 0 Å². The van der Waals surface area contributed by atoms with Crippen LogP contribution >= 0.6 is 57.4 Å². The number of carbonyl (C=O) groups is 1. The number of nitrogens with one attached hydrogen (secondary N) is 1. The number of amides is 1. The summed E-state index contributed by atoms with van der Waals surface area (Å²) in [5.41, 5.74) is 1.87. The van der Waals surface area contributed by atoms with E-state index in [0.29, 0.717) is 44.4 Å². The molecule has 0 saturated heterocycles. The lowest BCUT2D eigenvalue weighted by atomic mass is 10.1. The number of ether oxygens (including phenoxy) is 2. The van der Waals surface area contributed by atoms with Crippen LogP contribution in [0.5, 0.6) is 11.5 Å². The number of halogens is 4. The Morgan fingerprint density at radius 3 is 2.41 bits per heavy atom. The lowest BCUT2D eigenvalue weighted by Gasteiger charge is -2.15. The van der Waals surface area contributed by atoms with Gasteiger partial charge in [-0.25, -0.2) is 0 Å². The summed E-state index contributed by atoms with van der Waals surface area (Å²) in [7, 11) is 0. The Kier molecular flexibility index (Phi) is 9.48. The monoisotopic (exact) mass is 626 g/mol. The lowest BCUT2D eigenvalue weighted by Crippen LogP contribution is -2.13. The maximum Gasteiger partial charge on any atom is 0.266 e. The van der Waals surface area contributed by atoms with Crippen molar-refractivity contribution in [2.24, 2.45) is 0 Å². The molecule has 0 spiro atoms. The average Bonchev–Trinajstić information content (AvgIpc) is 2.79. The molecular formula is C25H18Cl3IN2O3. The molecule has 0 radical (unpaired) electrons.